The van der Waals surface area contributed by atoms with Crippen molar-refractivity contribution in [3.63, 3.8) is 0 Å². The molecule has 8 heteroatoms. The second-order valence-corrected chi connectivity index (χ2v) is 6.36. The summed E-state index contributed by atoms with van der Waals surface area (Å²) in [4.78, 5) is 11.5. The van der Waals surface area contributed by atoms with Crippen LogP contribution in [0.2, 0.25) is 0 Å². The van der Waals surface area contributed by atoms with Gasteiger partial charge in [0.05, 0.1) is 6.26 Å². The Hall–Kier alpha value is -0.370. The summed E-state index contributed by atoms with van der Waals surface area (Å²) in [6.45, 7) is 1.58. The van der Waals surface area contributed by atoms with Gasteiger partial charge in [-0.15, -0.1) is 12.4 Å². The van der Waals surface area contributed by atoms with Crippen molar-refractivity contribution in [3.8, 4) is 0 Å². The molecule has 0 spiro atoms. The summed E-state index contributed by atoms with van der Waals surface area (Å²) in [5.41, 5.74) is 0. The minimum atomic E-state index is -3.14. The van der Waals surface area contributed by atoms with E-state index < -0.39 is 10.0 Å². The first-order valence-corrected chi connectivity index (χ1v) is 7.67. The maximum absolute atomic E-state index is 11.5. The highest BCUT2D eigenvalue weighted by Crippen LogP contribution is 2.12. The number of amides is 1. The van der Waals surface area contributed by atoms with Gasteiger partial charge >= 0.3 is 0 Å². The maximum atomic E-state index is 11.5. The molecular weight excluding hydrogens is 278 g/mol. The lowest BCUT2D eigenvalue weighted by Gasteiger charge is -2.31. The van der Waals surface area contributed by atoms with Crippen molar-refractivity contribution in [2.24, 2.45) is 0 Å². The fourth-order valence-corrected chi connectivity index (χ4v) is 2.81. The number of rotatable bonds is 5. The lowest BCUT2D eigenvalue weighted by molar-refractivity contribution is -0.121. The van der Waals surface area contributed by atoms with Crippen molar-refractivity contribution in [3.05, 3.63) is 0 Å². The third kappa shape index (κ3) is 5.99. The SMILES string of the molecule is CNCCC(=O)NC1CCCN(S(C)(=O)=O)C1.Cl. The molecule has 1 saturated heterocycles. The molecule has 18 heavy (non-hydrogen) atoms. The summed E-state index contributed by atoms with van der Waals surface area (Å²) in [7, 11) is -1.35. The number of carbonyl (C=O) groups is 1. The predicted octanol–water partition coefficient (Wildman–Crippen LogP) is -0.442. The van der Waals surface area contributed by atoms with Gasteiger partial charge in [-0.1, -0.05) is 0 Å². The molecule has 0 aromatic carbocycles. The fraction of sp³-hybridized carbons (Fsp3) is 0.900. The summed E-state index contributed by atoms with van der Waals surface area (Å²) in [6, 6.07) is -0.0529. The molecule has 6 nitrogen and oxygen atoms in total. The van der Waals surface area contributed by atoms with Crippen molar-refractivity contribution in [2.75, 3.05) is 32.9 Å². The Kier molecular flexibility index (Phi) is 7.77. The quantitative estimate of drug-likeness (QED) is 0.721. The van der Waals surface area contributed by atoms with E-state index in [-0.39, 0.29) is 24.4 Å². The normalized spacial score (nSPS) is 21.1. The van der Waals surface area contributed by atoms with Crippen molar-refractivity contribution in [2.45, 2.75) is 25.3 Å². The molecule has 1 unspecified atom stereocenters. The third-order valence-electron chi connectivity index (χ3n) is 2.82. The molecule has 0 saturated carbocycles. The summed E-state index contributed by atoms with van der Waals surface area (Å²) >= 11 is 0. The Morgan fingerprint density at radius 1 is 1.44 bits per heavy atom. The fourth-order valence-electron chi connectivity index (χ4n) is 1.90. The van der Waals surface area contributed by atoms with Crippen LogP contribution in [0.25, 0.3) is 0 Å². The molecule has 2 N–H and O–H groups in total. The van der Waals surface area contributed by atoms with Crippen LogP contribution in [0.1, 0.15) is 19.3 Å². The number of piperidine rings is 1. The molecular formula is C10H22ClN3O3S. The van der Waals surface area contributed by atoms with Crippen molar-refractivity contribution in [1.82, 2.24) is 14.9 Å². The number of nitrogens with zero attached hydrogens (tertiary/aromatic N) is 1. The Morgan fingerprint density at radius 3 is 2.67 bits per heavy atom. The molecule has 0 bridgehead atoms. The highest BCUT2D eigenvalue weighted by atomic mass is 35.5. The van der Waals surface area contributed by atoms with Crippen LogP contribution in [-0.4, -0.2) is 57.6 Å². The lowest BCUT2D eigenvalue weighted by Crippen LogP contribution is -2.49. The molecule has 0 aromatic rings. The zero-order valence-corrected chi connectivity index (χ0v) is 12.4. The van der Waals surface area contributed by atoms with Gasteiger partial charge in [-0.05, 0) is 19.9 Å². The highest BCUT2D eigenvalue weighted by molar-refractivity contribution is 7.88. The zero-order valence-electron chi connectivity index (χ0n) is 10.8. The van der Waals surface area contributed by atoms with Crippen LogP contribution in [0, 0.1) is 0 Å². The summed E-state index contributed by atoms with van der Waals surface area (Å²) in [6.07, 6.45) is 3.27. The molecule has 0 aromatic heterocycles. The summed E-state index contributed by atoms with van der Waals surface area (Å²) in [5.74, 6) is -0.0281. The molecule has 1 rings (SSSR count). The number of hydrogen-bond acceptors (Lipinski definition) is 4. The van der Waals surface area contributed by atoms with E-state index in [4.69, 9.17) is 0 Å². The van der Waals surface area contributed by atoms with Crippen molar-refractivity contribution >= 4 is 28.3 Å². The smallest absolute Gasteiger partial charge is 0.221 e. The second-order valence-electron chi connectivity index (χ2n) is 4.38. The van der Waals surface area contributed by atoms with E-state index in [1.807, 2.05) is 0 Å². The van der Waals surface area contributed by atoms with Crippen LogP contribution in [-0.2, 0) is 14.8 Å². The third-order valence-corrected chi connectivity index (χ3v) is 4.09. The maximum Gasteiger partial charge on any atom is 0.221 e. The highest BCUT2D eigenvalue weighted by Gasteiger charge is 2.26. The minimum Gasteiger partial charge on any atom is -0.352 e. The summed E-state index contributed by atoms with van der Waals surface area (Å²) < 4.78 is 24.2. The number of sulfonamides is 1. The van der Waals surface area contributed by atoms with Crippen LogP contribution in [0.5, 0.6) is 0 Å². The van der Waals surface area contributed by atoms with Crippen LogP contribution < -0.4 is 10.6 Å². The van der Waals surface area contributed by atoms with E-state index in [2.05, 4.69) is 10.6 Å². The van der Waals surface area contributed by atoms with Crippen molar-refractivity contribution in [1.29, 1.82) is 0 Å². The van der Waals surface area contributed by atoms with Gasteiger partial charge in [0.1, 0.15) is 0 Å². The molecule has 0 radical (unpaired) electrons. The van der Waals surface area contributed by atoms with E-state index in [0.29, 0.717) is 26.1 Å². The molecule has 1 amide bonds. The van der Waals surface area contributed by atoms with E-state index in [1.54, 1.807) is 7.05 Å². The average molecular weight is 300 g/mol. The van der Waals surface area contributed by atoms with Gasteiger partial charge in [-0.25, -0.2) is 12.7 Å². The van der Waals surface area contributed by atoms with Crippen molar-refractivity contribution < 1.29 is 13.2 Å². The van der Waals surface area contributed by atoms with Gasteiger partial charge in [0.2, 0.25) is 15.9 Å². The first kappa shape index (κ1) is 17.6. The van der Waals surface area contributed by atoms with Crippen LogP contribution in [0.4, 0.5) is 0 Å². The average Bonchev–Trinajstić information content (AvgIpc) is 2.25. The molecule has 1 aliphatic heterocycles. The van der Waals surface area contributed by atoms with Gasteiger partial charge in [-0.2, -0.15) is 0 Å². The Balaban J connectivity index is 0.00000289. The standard InChI is InChI=1S/C10H21N3O3S.ClH/c1-11-6-5-10(14)12-9-4-3-7-13(8-9)17(2,15)16;/h9,11H,3-8H2,1-2H3,(H,12,14);1H. The molecule has 1 aliphatic rings. The van der Waals surface area contributed by atoms with Crippen LogP contribution >= 0.6 is 12.4 Å². The van der Waals surface area contributed by atoms with Gasteiger partial charge in [-0.3, -0.25) is 4.79 Å². The van der Waals surface area contributed by atoms with E-state index in [1.165, 1.54) is 10.6 Å². The Morgan fingerprint density at radius 2 is 2.11 bits per heavy atom. The van der Waals surface area contributed by atoms with E-state index >= 15 is 0 Å². The monoisotopic (exact) mass is 299 g/mol. The summed E-state index contributed by atoms with van der Waals surface area (Å²) in [5, 5.41) is 5.77. The zero-order chi connectivity index (χ0) is 12.9. The molecule has 1 atom stereocenters. The van der Waals surface area contributed by atoms with Gasteiger partial charge in [0.25, 0.3) is 0 Å². The van der Waals surface area contributed by atoms with E-state index in [9.17, 15) is 13.2 Å². The van der Waals surface area contributed by atoms with Gasteiger partial charge in [0, 0.05) is 32.1 Å². The second kappa shape index (κ2) is 7.93. The number of halogens is 1. The number of carbonyl (C=O) groups excluding carboxylic acids is 1. The number of nitrogens with one attached hydrogen (secondary N) is 2. The van der Waals surface area contributed by atoms with Gasteiger partial charge < -0.3 is 10.6 Å². The number of hydrogen-bond donors (Lipinski definition) is 2. The molecule has 1 heterocycles. The van der Waals surface area contributed by atoms with Gasteiger partial charge in [0.15, 0.2) is 0 Å². The Bertz CT molecular complexity index is 361. The lowest BCUT2D eigenvalue weighted by atomic mass is 10.1. The molecule has 0 aliphatic carbocycles. The Labute approximate surface area is 115 Å². The predicted molar refractivity (Wildman–Crippen MR) is 73.4 cm³/mol. The molecule has 1 fully saturated rings. The largest absolute Gasteiger partial charge is 0.352 e. The minimum absolute atomic E-state index is 0. The molecule has 108 valence electrons. The van der Waals surface area contributed by atoms with Crippen LogP contribution in [0.3, 0.4) is 0 Å². The first-order valence-electron chi connectivity index (χ1n) is 5.82. The van der Waals surface area contributed by atoms with Crippen LogP contribution in [0.15, 0.2) is 0 Å². The first-order chi connectivity index (χ1) is 7.93. The van der Waals surface area contributed by atoms with E-state index in [0.717, 1.165) is 12.8 Å². The topological polar surface area (TPSA) is 78.5 Å².